The molecule has 8 heteroatoms. The summed E-state index contributed by atoms with van der Waals surface area (Å²) in [6.45, 7) is 4.66. The molecule has 0 saturated heterocycles. The van der Waals surface area contributed by atoms with Crippen LogP contribution in [0.2, 0.25) is 5.02 Å². The lowest BCUT2D eigenvalue weighted by molar-refractivity contribution is -0.154. The lowest BCUT2D eigenvalue weighted by Gasteiger charge is -2.18. The molecule has 138 valence electrons. The standard InChI is InChI=1S/C18H19ClN2O5/c1-10-13(19)6-4-7-14(10)21-16(22)12(3)26-18(24)11(2)20-17(23)15-8-5-9-25-15/h4-9,11-12H,1-3H3,(H,20,23)(H,21,22)/t11-,12-/m0/s1. The zero-order chi connectivity index (χ0) is 19.3. The Balaban J connectivity index is 1.90. The highest BCUT2D eigenvalue weighted by atomic mass is 35.5. The van der Waals surface area contributed by atoms with Crippen LogP contribution in [0, 0.1) is 6.92 Å². The summed E-state index contributed by atoms with van der Waals surface area (Å²) in [5.41, 5.74) is 1.24. The summed E-state index contributed by atoms with van der Waals surface area (Å²) in [5.74, 6) is -1.72. The lowest BCUT2D eigenvalue weighted by atomic mass is 10.2. The quantitative estimate of drug-likeness (QED) is 0.753. The fourth-order valence-corrected chi connectivity index (χ4v) is 2.22. The van der Waals surface area contributed by atoms with E-state index in [9.17, 15) is 14.4 Å². The first-order chi connectivity index (χ1) is 12.3. The molecule has 0 saturated carbocycles. The van der Waals surface area contributed by atoms with Gasteiger partial charge in [-0.3, -0.25) is 9.59 Å². The molecule has 0 bridgehead atoms. The Morgan fingerprint density at radius 3 is 2.54 bits per heavy atom. The zero-order valence-corrected chi connectivity index (χ0v) is 15.3. The molecular weight excluding hydrogens is 360 g/mol. The molecule has 0 aliphatic heterocycles. The number of carbonyl (C=O) groups excluding carboxylic acids is 3. The number of esters is 1. The van der Waals surface area contributed by atoms with E-state index in [0.29, 0.717) is 16.3 Å². The zero-order valence-electron chi connectivity index (χ0n) is 14.5. The largest absolute Gasteiger partial charge is 0.459 e. The fraction of sp³-hybridized carbons (Fsp3) is 0.278. The molecule has 2 aromatic rings. The molecule has 0 aliphatic rings. The van der Waals surface area contributed by atoms with Crippen LogP contribution in [0.1, 0.15) is 30.0 Å². The number of hydrogen-bond acceptors (Lipinski definition) is 5. The smallest absolute Gasteiger partial charge is 0.329 e. The first-order valence-corrected chi connectivity index (χ1v) is 8.28. The number of anilines is 1. The number of halogens is 1. The van der Waals surface area contributed by atoms with E-state index in [2.05, 4.69) is 10.6 Å². The monoisotopic (exact) mass is 378 g/mol. The van der Waals surface area contributed by atoms with Gasteiger partial charge in [-0.15, -0.1) is 0 Å². The molecule has 1 aromatic carbocycles. The molecule has 0 spiro atoms. The molecule has 2 N–H and O–H groups in total. The van der Waals surface area contributed by atoms with Crippen LogP contribution in [0.15, 0.2) is 41.0 Å². The summed E-state index contributed by atoms with van der Waals surface area (Å²) < 4.78 is 10.0. The van der Waals surface area contributed by atoms with Crippen molar-refractivity contribution in [3.8, 4) is 0 Å². The van der Waals surface area contributed by atoms with Crippen LogP contribution in [0.5, 0.6) is 0 Å². The number of hydrogen-bond donors (Lipinski definition) is 2. The molecule has 26 heavy (non-hydrogen) atoms. The van der Waals surface area contributed by atoms with Crippen LogP contribution in [0.25, 0.3) is 0 Å². The third-order valence-electron chi connectivity index (χ3n) is 3.63. The second-order valence-corrected chi connectivity index (χ2v) is 6.06. The summed E-state index contributed by atoms with van der Waals surface area (Å²) >= 11 is 6.01. The average molecular weight is 379 g/mol. The molecule has 1 aromatic heterocycles. The van der Waals surface area contributed by atoms with Crippen molar-refractivity contribution in [3.63, 3.8) is 0 Å². The van der Waals surface area contributed by atoms with Gasteiger partial charge in [0.1, 0.15) is 6.04 Å². The van der Waals surface area contributed by atoms with Gasteiger partial charge in [0, 0.05) is 10.7 Å². The van der Waals surface area contributed by atoms with Crippen LogP contribution in [-0.2, 0) is 14.3 Å². The molecule has 1 heterocycles. The first kappa shape index (κ1) is 19.5. The third-order valence-corrected chi connectivity index (χ3v) is 4.04. The van der Waals surface area contributed by atoms with Gasteiger partial charge in [-0.2, -0.15) is 0 Å². The molecule has 0 fully saturated rings. The van der Waals surface area contributed by atoms with Gasteiger partial charge in [0.15, 0.2) is 11.9 Å². The van der Waals surface area contributed by atoms with Gasteiger partial charge in [0.25, 0.3) is 11.8 Å². The van der Waals surface area contributed by atoms with E-state index < -0.39 is 29.9 Å². The topological polar surface area (TPSA) is 97.6 Å². The lowest BCUT2D eigenvalue weighted by Crippen LogP contribution is -2.42. The molecule has 2 atom stereocenters. The average Bonchev–Trinajstić information content (AvgIpc) is 3.13. The second-order valence-electron chi connectivity index (χ2n) is 5.65. The summed E-state index contributed by atoms with van der Waals surface area (Å²) in [5, 5.41) is 5.61. The van der Waals surface area contributed by atoms with Crippen molar-refractivity contribution in [2.45, 2.75) is 32.9 Å². The minimum absolute atomic E-state index is 0.0758. The maximum absolute atomic E-state index is 12.2. The Morgan fingerprint density at radius 2 is 1.88 bits per heavy atom. The third kappa shape index (κ3) is 4.86. The minimum atomic E-state index is -1.05. The second kappa shape index (κ2) is 8.53. The summed E-state index contributed by atoms with van der Waals surface area (Å²) in [6.07, 6.45) is 0.297. The number of benzene rings is 1. The van der Waals surface area contributed by atoms with Gasteiger partial charge >= 0.3 is 5.97 Å². The van der Waals surface area contributed by atoms with E-state index in [1.54, 1.807) is 31.2 Å². The maximum Gasteiger partial charge on any atom is 0.329 e. The highest BCUT2D eigenvalue weighted by Crippen LogP contribution is 2.23. The fourth-order valence-electron chi connectivity index (χ4n) is 2.04. The Morgan fingerprint density at radius 1 is 1.15 bits per heavy atom. The molecule has 2 amide bonds. The number of ether oxygens (including phenoxy) is 1. The number of amides is 2. The van der Waals surface area contributed by atoms with Gasteiger partial charge in [0.2, 0.25) is 0 Å². The highest BCUT2D eigenvalue weighted by Gasteiger charge is 2.24. The Kier molecular flexibility index (Phi) is 6.41. The minimum Gasteiger partial charge on any atom is -0.459 e. The van der Waals surface area contributed by atoms with Crippen molar-refractivity contribution in [2.24, 2.45) is 0 Å². The van der Waals surface area contributed by atoms with Crippen molar-refractivity contribution in [2.75, 3.05) is 5.32 Å². The molecule has 0 unspecified atom stereocenters. The van der Waals surface area contributed by atoms with E-state index in [4.69, 9.17) is 20.8 Å². The van der Waals surface area contributed by atoms with Gasteiger partial charge in [0.05, 0.1) is 6.26 Å². The predicted octanol–water partition coefficient (Wildman–Crippen LogP) is 2.93. The number of rotatable bonds is 6. The van der Waals surface area contributed by atoms with E-state index in [-0.39, 0.29) is 5.76 Å². The van der Waals surface area contributed by atoms with Crippen molar-refractivity contribution in [3.05, 3.63) is 52.9 Å². The van der Waals surface area contributed by atoms with E-state index >= 15 is 0 Å². The van der Waals surface area contributed by atoms with Crippen LogP contribution >= 0.6 is 11.6 Å². The molecule has 0 aliphatic carbocycles. The highest BCUT2D eigenvalue weighted by molar-refractivity contribution is 6.31. The predicted molar refractivity (Wildman–Crippen MR) is 96.0 cm³/mol. The van der Waals surface area contributed by atoms with Gasteiger partial charge in [-0.25, -0.2) is 4.79 Å². The number of furan rings is 1. The van der Waals surface area contributed by atoms with Crippen molar-refractivity contribution < 1.29 is 23.5 Å². The first-order valence-electron chi connectivity index (χ1n) is 7.90. The summed E-state index contributed by atoms with van der Waals surface area (Å²) in [7, 11) is 0. The van der Waals surface area contributed by atoms with Crippen LogP contribution < -0.4 is 10.6 Å². The van der Waals surface area contributed by atoms with E-state index in [1.165, 1.54) is 26.2 Å². The maximum atomic E-state index is 12.2. The Hall–Kier alpha value is -2.80. The Labute approximate surface area is 155 Å². The van der Waals surface area contributed by atoms with Crippen molar-refractivity contribution in [1.29, 1.82) is 0 Å². The van der Waals surface area contributed by atoms with Crippen molar-refractivity contribution in [1.82, 2.24) is 5.32 Å². The van der Waals surface area contributed by atoms with Crippen LogP contribution in [-0.4, -0.2) is 29.9 Å². The van der Waals surface area contributed by atoms with Gasteiger partial charge in [-0.1, -0.05) is 17.7 Å². The van der Waals surface area contributed by atoms with Crippen molar-refractivity contribution >= 4 is 35.1 Å². The Bertz CT molecular complexity index is 804. The molecule has 0 radical (unpaired) electrons. The SMILES string of the molecule is Cc1c(Cl)cccc1NC(=O)[C@H](C)OC(=O)[C@H](C)NC(=O)c1ccco1. The summed E-state index contributed by atoms with van der Waals surface area (Å²) in [6, 6.07) is 7.18. The van der Waals surface area contributed by atoms with E-state index in [0.717, 1.165) is 0 Å². The normalized spacial score (nSPS) is 12.8. The molecular formula is C18H19ClN2O5. The number of carbonyl (C=O) groups is 3. The van der Waals surface area contributed by atoms with E-state index in [1.807, 2.05) is 0 Å². The number of nitrogens with one attached hydrogen (secondary N) is 2. The van der Waals surface area contributed by atoms with Gasteiger partial charge in [-0.05, 0) is 50.6 Å². The summed E-state index contributed by atoms with van der Waals surface area (Å²) in [4.78, 5) is 36.1. The van der Waals surface area contributed by atoms with Crippen LogP contribution in [0.4, 0.5) is 5.69 Å². The van der Waals surface area contributed by atoms with Gasteiger partial charge < -0.3 is 19.8 Å². The molecule has 2 rings (SSSR count). The molecule has 7 nitrogen and oxygen atoms in total. The van der Waals surface area contributed by atoms with Crippen LogP contribution in [0.3, 0.4) is 0 Å².